The van der Waals surface area contributed by atoms with Gasteiger partial charge in [0.25, 0.3) is 0 Å². The second kappa shape index (κ2) is 5.38. The second-order valence-electron chi connectivity index (χ2n) is 3.94. The van der Waals surface area contributed by atoms with Crippen molar-refractivity contribution in [3.63, 3.8) is 0 Å². The summed E-state index contributed by atoms with van der Waals surface area (Å²) in [6.07, 6.45) is 1.59. The average molecular weight is 251 g/mol. The maximum Gasteiger partial charge on any atom is 0.128 e. The number of nitrogens with zero attached hydrogens (tertiary/aromatic N) is 1. The summed E-state index contributed by atoms with van der Waals surface area (Å²) in [5.41, 5.74) is 2.34. The fourth-order valence-electron chi connectivity index (χ4n) is 1.67. The van der Waals surface area contributed by atoms with Crippen LogP contribution in [0.3, 0.4) is 0 Å². The molecule has 0 fully saturated rings. The summed E-state index contributed by atoms with van der Waals surface area (Å²) < 4.78 is 13.4. The molecule has 0 radical (unpaired) electrons. The minimum absolute atomic E-state index is 0.253. The van der Waals surface area contributed by atoms with Gasteiger partial charge in [0.2, 0.25) is 0 Å². The Balaban J connectivity index is 2.02. The molecule has 2 aromatic rings. The molecule has 0 amide bonds. The molecule has 0 atom stereocenters. The van der Waals surface area contributed by atoms with Gasteiger partial charge in [-0.1, -0.05) is 12.1 Å². The molecular formula is C13H14FNOS. The zero-order valence-electron chi connectivity index (χ0n) is 9.61. The van der Waals surface area contributed by atoms with Crippen LogP contribution >= 0.6 is 11.3 Å². The molecule has 1 aromatic heterocycles. The maximum atomic E-state index is 13.4. The largest absolute Gasteiger partial charge is 0.392 e. The molecule has 0 unspecified atom stereocenters. The van der Waals surface area contributed by atoms with E-state index >= 15 is 0 Å². The number of aliphatic hydroxyl groups is 1. The predicted molar refractivity (Wildman–Crippen MR) is 66.6 cm³/mol. The van der Waals surface area contributed by atoms with Gasteiger partial charge in [0.15, 0.2) is 0 Å². The first kappa shape index (κ1) is 12.2. The molecule has 1 N–H and O–H groups in total. The van der Waals surface area contributed by atoms with Gasteiger partial charge in [-0.15, -0.1) is 11.3 Å². The van der Waals surface area contributed by atoms with Crippen LogP contribution in [-0.4, -0.2) is 10.1 Å². The van der Waals surface area contributed by atoms with Crippen molar-refractivity contribution >= 4 is 11.3 Å². The van der Waals surface area contributed by atoms with Crippen molar-refractivity contribution < 1.29 is 9.50 Å². The van der Waals surface area contributed by atoms with Crippen LogP contribution in [0.15, 0.2) is 23.6 Å². The number of thiazole rings is 1. The first-order chi connectivity index (χ1) is 8.19. The van der Waals surface area contributed by atoms with E-state index in [0.717, 1.165) is 29.1 Å². The lowest BCUT2D eigenvalue weighted by atomic mass is 10.1. The molecule has 0 saturated heterocycles. The number of hydrogen-bond acceptors (Lipinski definition) is 3. The molecule has 17 heavy (non-hydrogen) atoms. The number of halogens is 1. The van der Waals surface area contributed by atoms with Crippen molar-refractivity contribution in [2.45, 2.75) is 26.4 Å². The minimum Gasteiger partial charge on any atom is -0.392 e. The predicted octanol–water partition coefficient (Wildman–Crippen LogP) is 2.87. The lowest BCUT2D eigenvalue weighted by Gasteiger charge is -2.03. The van der Waals surface area contributed by atoms with Crippen LogP contribution in [0.2, 0.25) is 0 Å². The normalized spacial score (nSPS) is 10.8. The highest BCUT2D eigenvalue weighted by molar-refractivity contribution is 7.09. The zero-order valence-corrected chi connectivity index (χ0v) is 10.4. The standard InChI is InChI=1S/C13H14FNOS/c1-9-15-12(8-17-9)5-3-10-2-4-11(7-16)13(14)6-10/h2,4,6,8,16H,3,5,7H2,1H3. The third-order valence-corrected chi connectivity index (χ3v) is 3.45. The van der Waals surface area contributed by atoms with Crippen LogP contribution in [0.5, 0.6) is 0 Å². The maximum absolute atomic E-state index is 13.4. The molecule has 0 aliphatic heterocycles. The quantitative estimate of drug-likeness (QED) is 0.906. The van der Waals surface area contributed by atoms with Gasteiger partial charge in [-0.05, 0) is 31.4 Å². The van der Waals surface area contributed by atoms with Crippen molar-refractivity contribution in [1.82, 2.24) is 4.98 Å². The summed E-state index contributed by atoms with van der Waals surface area (Å²) in [4.78, 5) is 4.37. The van der Waals surface area contributed by atoms with Gasteiger partial charge in [0.05, 0.1) is 17.3 Å². The van der Waals surface area contributed by atoms with Gasteiger partial charge in [-0.2, -0.15) is 0 Å². The van der Waals surface area contributed by atoms with Gasteiger partial charge in [0, 0.05) is 10.9 Å². The Kier molecular flexibility index (Phi) is 3.86. The van der Waals surface area contributed by atoms with Crippen molar-refractivity contribution in [2.24, 2.45) is 0 Å². The van der Waals surface area contributed by atoms with Crippen molar-refractivity contribution in [1.29, 1.82) is 0 Å². The zero-order chi connectivity index (χ0) is 12.3. The molecule has 1 heterocycles. The Morgan fingerprint density at radius 1 is 1.35 bits per heavy atom. The summed E-state index contributed by atoms with van der Waals surface area (Å²) in [6, 6.07) is 4.98. The van der Waals surface area contributed by atoms with E-state index in [0.29, 0.717) is 5.56 Å². The van der Waals surface area contributed by atoms with Gasteiger partial charge < -0.3 is 5.11 Å². The van der Waals surface area contributed by atoms with Gasteiger partial charge in [0.1, 0.15) is 5.82 Å². The van der Waals surface area contributed by atoms with Gasteiger partial charge >= 0.3 is 0 Å². The van der Waals surface area contributed by atoms with Crippen molar-refractivity contribution in [3.05, 3.63) is 51.2 Å². The molecule has 4 heteroatoms. The highest BCUT2D eigenvalue weighted by Crippen LogP contribution is 2.14. The summed E-state index contributed by atoms with van der Waals surface area (Å²) in [7, 11) is 0. The fraction of sp³-hybridized carbons (Fsp3) is 0.308. The first-order valence-corrected chi connectivity index (χ1v) is 6.36. The van der Waals surface area contributed by atoms with Crippen LogP contribution in [0, 0.1) is 12.7 Å². The molecule has 0 bridgehead atoms. The first-order valence-electron chi connectivity index (χ1n) is 5.48. The molecule has 90 valence electrons. The Labute approximate surface area is 104 Å². The molecule has 2 rings (SSSR count). The van der Waals surface area contributed by atoms with E-state index < -0.39 is 0 Å². The average Bonchev–Trinajstić information content (AvgIpc) is 2.73. The van der Waals surface area contributed by atoms with Gasteiger partial charge in [-0.3, -0.25) is 0 Å². The summed E-state index contributed by atoms with van der Waals surface area (Å²) >= 11 is 1.63. The second-order valence-corrected chi connectivity index (χ2v) is 5.00. The highest BCUT2D eigenvalue weighted by atomic mass is 32.1. The van der Waals surface area contributed by atoms with Gasteiger partial charge in [-0.25, -0.2) is 9.37 Å². The Morgan fingerprint density at radius 2 is 2.18 bits per heavy atom. The Bertz CT molecular complexity index is 510. The van der Waals surface area contributed by atoms with Crippen LogP contribution < -0.4 is 0 Å². The third kappa shape index (κ3) is 3.11. The molecular weight excluding hydrogens is 237 g/mol. The third-order valence-electron chi connectivity index (χ3n) is 2.62. The summed E-state index contributed by atoms with van der Waals surface area (Å²) in [6.45, 7) is 1.72. The fourth-order valence-corrected chi connectivity index (χ4v) is 2.32. The van der Waals surface area contributed by atoms with Crippen LogP contribution in [0.4, 0.5) is 4.39 Å². The molecule has 0 aliphatic carbocycles. The van der Waals surface area contributed by atoms with E-state index in [2.05, 4.69) is 4.98 Å². The van der Waals surface area contributed by atoms with E-state index in [9.17, 15) is 4.39 Å². The summed E-state index contributed by atoms with van der Waals surface area (Å²) in [5, 5.41) is 12.0. The van der Waals surface area contributed by atoms with Crippen LogP contribution in [0.25, 0.3) is 0 Å². The van der Waals surface area contributed by atoms with E-state index in [4.69, 9.17) is 5.11 Å². The lowest BCUT2D eigenvalue weighted by molar-refractivity contribution is 0.275. The Hall–Kier alpha value is -1.26. The lowest BCUT2D eigenvalue weighted by Crippen LogP contribution is -1.95. The SMILES string of the molecule is Cc1nc(CCc2ccc(CO)c(F)c2)cs1. The number of benzene rings is 1. The molecule has 2 nitrogen and oxygen atoms in total. The highest BCUT2D eigenvalue weighted by Gasteiger charge is 2.04. The number of rotatable bonds is 4. The van der Waals surface area contributed by atoms with Crippen molar-refractivity contribution in [2.75, 3.05) is 0 Å². The molecule has 0 spiro atoms. The summed E-state index contributed by atoms with van der Waals surface area (Å²) in [5.74, 6) is -0.334. The smallest absolute Gasteiger partial charge is 0.128 e. The monoisotopic (exact) mass is 251 g/mol. The van der Waals surface area contributed by atoms with E-state index in [-0.39, 0.29) is 12.4 Å². The number of aromatic nitrogens is 1. The van der Waals surface area contributed by atoms with Crippen LogP contribution in [0.1, 0.15) is 21.8 Å². The number of aliphatic hydroxyl groups excluding tert-OH is 1. The van der Waals surface area contributed by atoms with E-state index in [1.165, 1.54) is 6.07 Å². The van der Waals surface area contributed by atoms with E-state index in [1.807, 2.05) is 18.4 Å². The van der Waals surface area contributed by atoms with Crippen LogP contribution in [-0.2, 0) is 19.4 Å². The van der Waals surface area contributed by atoms with E-state index in [1.54, 1.807) is 17.4 Å². The number of aryl methyl sites for hydroxylation is 3. The van der Waals surface area contributed by atoms with Crippen molar-refractivity contribution in [3.8, 4) is 0 Å². The molecule has 1 aromatic carbocycles. The number of hydrogen-bond donors (Lipinski definition) is 1. The molecule has 0 aliphatic rings. The minimum atomic E-state index is -0.334. The Morgan fingerprint density at radius 3 is 2.76 bits per heavy atom. The molecule has 0 saturated carbocycles. The topological polar surface area (TPSA) is 33.1 Å².